The van der Waals surface area contributed by atoms with Gasteiger partial charge in [0.2, 0.25) is 5.16 Å². The van der Waals surface area contributed by atoms with Crippen LogP contribution in [0.1, 0.15) is 5.69 Å². The monoisotopic (exact) mass is 437 g/mol. The Morgan fingerprint density at radius 2 is 1.63 bits per heavy atom. The normalized spacial score (nSPS) is 11.3. The average molecular weight is 437 g/mol. The van der Waals surface area contributed by atoms with E-state index in [-0.39, 0.29) is 22.6 Å². The van der Waals surface area contributed by atoms with Crippen LogP contribution < -0.4 is 5.56 Å². The van der Waals surface area contributed by atoms with E-state index in [1.165, 1.54) is 4.68 Å². The molecule has 0 aliphatic heterocycles. The van der Waals surface area contributed by atoms with E-state index in [4.69, 9.17) is 0 Å². The number of hydrogen-bond donors (Lipinski definition) is 0. The molecule has 0 radical (unpaired) electrons. The highest BCUT2D eigenvalue weighted by molar-refractivity contribution is 7.99. The Labute approximate surface area is 169 Å². The van der Waals surface area contributed by atoms with E-state index in [1.54, 1.807) is 49.0 Å². The molecule has 4 rings (SSSR count). The van der Waals surface area contributed by atoms with Gasteiger partial charge >= 0.3 is 0 Å². The second-order valence-electron chi connectivity index (χ2n) is 6.04. The van der Waals surface area contributed by atoms with Crippen molar-refractivity contribution >= 4 is 11.8 Å². The van der Waals surface area contributed by atoms with Gasteiger partial charge in [-0.2, -0.15) is 18.4 Å². The van der Waals surface area contributed by atoms with Gasteiger partial charge in [-0.15, -0.1) is 5.10 Å². The van der Waals surface area contributed by atoms with E-state index in [1.807, 2.05) is 0 Å². The molecule has 0 aliphatic rings. The Hall–Kier alpha value is -3.48. The zero-order valence-electron chi connectivity index (χ0n) is 15.3. The van der Waals surface area contributed by atoms with Crippen molar-refractivity contribution in [1.82, 2.24) is 34.6 Å². The average Bonchev–Trinajstić information content (AvgIpc) is 3.26. The first-order chi connectivity index (χ1) is 14.3. The lowest BCUT2D eigenvalue weighted by molar-refractivity contribution is 0.383. The van der Waals surface area contributed by atoms with Gasteiger partial charge in [0.05, 0.1) is 16.3 Å². The van der Waals surface area contributed by atoms with Gasteiger partial charge in [0, 0.05) is 7.05 Å². The van der Waals surface area contributed by atoms with Gasteiger partial charge in [-0.05, 0) is 41.2 Å². The number of benzene rings is 1. The molecule has 0 aliphatic carbocycles. The summed E-state index contributed by atoms with van der Waals surface area (Å²) in [5.74, 6) is -7.00. The van der Waals surface area contributed by atoms with E-state index in [0.717, 1.165) is 4.68 Å². The zero-order chi connectivity index (χ0) is 21.6. The van der Waals surface area contributed by atoms with E-state index >= 15 is 0 Å². The molecular weight excluding hydrogens is 426 g/mol. The fourth-order valence-electron chi connectivity index (χ4n) is 2.83. The van der Waals surface area contributed by atoms with Crippen molar-refractivity contribution in [3.63, 3.8) is 0 Å². The Morgan fingerprint density at radius 3 is 2.27 bits per heavy atom. The first kappa shape index (κ1) is 19.8. The highest BCUT2D eigenvalue weighted by Gasteiger charge is 2.26. The Kier molecular flexibility index (Phi) is 4.89. The van der Waals surface area contributed by atoms with Gasteiger partial charge < -0.3 is 0 Å². The topological polar surface area (TPSA) is 83.4 Å². The maximum absolute atomic E-state index is 14.0. The van der Waals surface area contributed by atoms with E-state index < -0.39 is 34.0 Å². The van der Waals surface area contributed by atoms with Crippen molar-refractivity contribution in [2.45, 2.75) is 17.0 Å². The van der Waals surface area contributed by atoms with Gasteiger partial charge in [0.15, 0.2) is 17.3 Å². The molecule has 0 unspecified atom stereocenters. The number of para-hydroxylation sites is 1. The lowest BCUT2D eigenvalue weighted by atomic mass is 10.3. The minimum Gasteiger partial charge on any atom is -0.283 e. The molecule has 154 valence electrons. The molecule has 0 fully saturated rings. The van der Waals surface area contributed by atoms with Crippen molar-refractivity contribution in [3.8, 4) is 11.4 Å². The predicted molar refractivity (Wildman–Crippen MR) is 96.7 cm³/mol. The van der Waals surface area contributed by atoms with E-state index in [9.17, 15) is 22.4 Å². The van der Waals surface area contributed by atoms with Crippen LogP contribution in [0.25, 0.3) is 11.4 Å². The minimum atomic E-state index is -1.81. The second kappa shape index (κ2) is 7.40. The van der Waals surface area contributed by atoms with Crippen LogP contribution in [0.4, 0.5) is 17.6 Å². The third-order valence-electron chi connectivity index (χ3n) is 4.33. The van der Waals surface area contributed by atoms with Crippen LogP contribution >= 0.6 is 11.8 Å². The van der Waals surface area contributed by atoms with Crippen LogP contribution in [0.15, 0.2) is 45.2 Å². The molecule has 30 heavy (non-hydrogen) atoms. The van der Waals surface area contributed by atoms with Crippen LogP contribution in [-0.2, 0) is 7.05 Å². The van der Waals surface area contributed by atoms with Crippen molar-refractivity contribution in [2.24, 2.45) is 7.05 Å². The Balaban J connectivity index is 1.86. The smallest absolute Gasteiger partial charge is 0.283 e. The number of aromatic nitrogens is 7. The molecule has 0 amide bonds. The number of hydrogen-bond acceptors (Lipinski definition) is 6. The van der Waals surface area contributed by atoms with Gasteiger partial charge in [-0.25, -0.2) is 13.5 Å². The van der Waals surface area contributed by atoms with Crippen molar-refractivity contribution in [3.05, 3.63) is 69.9 Å². The standard InChI is InChI=1S/C17H11F4N7OS/c1-8-12(16(29)28(26(8)2)9-6-4-3-5-7-9)27-17(23-24-25-27)30-13-10(18)14(20)22-15(21)11(13)19/h3-7H,1-2H3. The molecule has 0 spiro atoms. The molecular formula is C17H11F4N7OS. The quantitative estimate of drug-likeness (QED) is 0.361. The minimum absolute atomic E-state index is 0.00432. The first-order valence-electron chi connectivity index (χ1n) is 8.32. The Bertz CT molecular complexity index is 1290. The van der Waals surface area contributed by atoms with Crippen LogP contribution in [0.3, 0.4) is 0 Å². The third kappa shape index (κ3) is 3.07. The molecule has 1 aromatic carbocycles. The first-order valence-corrected chi connectivity index (χ1v) is 9.13. The third-order valence-corrected chi connectivity index (χ3v) is 5.33. The molecule has 0 bridgehead atoms. The van der Waals surface area contributed by atoms with E-state index in [0.29, 0.717) is 11.4 Å². The number of pyridine rings is 1. The SMILES string of the molecule is Cc1c(-n2nnnc2Sc2c(F)c(F)nc(F)c2F)c(=O)n(-c2ccccc2)n1C. The lowest BCUT2D eigenvalue weighted by Crippen LogP contribution is -2.22. The fourth-order valence-corrected chi connectivity index (χ4v) is 3.65. The summed E-state index contributed by atoms with van der Waals surface area (Å²) in [5.41, 5.74) is 0.496. The summed E-state index contributed by atoms with van der Waals surface area (Å²) in [7, 11) is 1.64. The molecule has 13 heteroatoms. The van der Waals surface area contributed by atoms with E-state index in [2.05, 4.69) is 20.5 Å². The van der Waals surface area contributed by atoms with Gasteiger partial charge in [-0.1, -0.05) is 18.2 Å². The highest BCUT2D eigenvalue weighted by Crippen LogP contribution is 2.33. The van der Waals surface area contributed by atoms with Crippen molar-refractivity contribution < 1.29 is 17.6 Å². The van der Waals surface area contributed by atoms with Gasteiger partial charge in [-0.3, -0.25) is 9.48 Å². The molecule has 0 N–H and O–H groups in total. The maximum atomic E-state index is 14.0. The van der Waals surface area contributed by atoms with Gasteiger partial charge in [0.25, 0.3) is 17.5 Å². The zero-order valence-corrected chi connectivity index (χ0v) is 16.2. The molecule has 0 saturated heterocycles. The summed E-state index contributed by atoms with van der Waals surface area (Å²) in [6.45, 7) is 1.62. The van der Waals surface area contributed by atoms with Crippen LogP contribution in [0.5, 0.6) is 0 Å². The summed E-state index contributed by atoms with van der Waals surface area (Å²) in [4.78, 5) is 14.6. The Morgan fingerprint density at radius 1 is 1.00 bits per heavy atom. The van der Waals surface area contributed by atoms with Crippen LogP contribution in [0.2, 0.25) is 0 Å². The summed E-state index contributed by atoms with van der Waals surface area (Å²) in [6, 6.07) is 8.72. The molecule has 8 nitrogen and oxygen atoms in total. The molecule has 0 atom stereocenters. The molecule has 3 heterocycles. The van der Waals surface area contributed by atoms with Crippen LogP contribution in [-0.4, -0.2) is 34.6 Å². The molecule has 0 saturated carbocycles. The largest absolute Gasteiger partial charge is 0.297 e. The van der Waals surface area contributed by atoms with Crippen molar-refractivity contribution in [2.75, 3.05) is 0 Å². The summed E-state index contributed by atoms with van der Waals surface area (Å²) in [5, 5.41) is 10.5. The lowest BCUT2D eigenvalue weighted by Gasteiger charge is -2.07. The van der Waals surface area contributed by atoms with Crippen molar-refractivity contribution in [1.29, 1.82) is 0 Å². The van der Waals surface area contributed by atoms with Gasteiger partial charge in [0.1, 0.15) is 0 Å². The number of tetrazole rings is 1. The number of halogens is 4. The summed E-state index contributed by atoms with van der Waals surface area (Å²) >= 11 is 0.225. The molecule has 4 aromatic rings. The highest BCUT2D eigenvalue weighted by atomic mass is 32.2. The predicted octanol–water partition coefficient (Wildman–Crippen LogP) is 2.56. The molecule has 3 aromatic heterocycles. The maximum Gasteiger partial charge on any atom is 0.297 e. The summed E-state index contributed by atoms with van der Waals surface area (Å²) < 4.78 is 58.7. The van der Waals surface area contributed by atoms with Crippen LogP contribution in [0, 0.1) is 30.5 Å². The number of nitrogens with zero attached hydrogens (tertiary/aromatic N) is 7. The fraction of sp³-hybridized carbons (Fsp3) is 0.118. The number of rotatable bonds is 4. The second-order valence-corrected chi connectivity index (χ2v) is 7.01. The summed E-state index contributed by atoms with van der Waals surface area (Å²) in [6.07, 6.45) is 0.